The quantitative estimate of drug-likeness (QED) is 0.554. The Kier molecular flexibility index (Phi) is 6.86. The number of benzene rings is 2. The number of hydrogen-bond acceptors (Lipinski definition) is 5. The highest BCUT2D eigenvalue weighted by Gasteiger charge is 2.30. The Morgan fingerprint density at radius 3 is 2.50 bits per heavy atom. The molecule has 0 unspecified atom stereocenters. The molecule has 0 saturated heterocycles. The molecule has 2 rings (SSSR count). The molecule has 0 bridgehead atoms. The summed E-state index contributed by atoms with van der Waals surface area (Å²) in [7, 11) is 3.04. The molecule has 0 aliphatic heterocycles. The molecule has 150 valence electrons. The van der Waals surface area contributed by atoms with Crippen molar-refractivity contribution in [3.05, 3.63) is 53.6 Å². The monoisotopic (exact) mass is 395 g/mol. The van der Waals surface area contributed by atoms with Gasteiger partial charge in [-0.3, -0.25) is 4.79 Å². The number of halogens is 3. The number of hydrazone groups is 1. The zero-order valence-corrected chi connectivity index (χ0v) is 15.6. The Bertz CT molecular complexity index is 867. The molecule has 0 heterocycles. The second kappa shape index (κ2) is 9.12. The fraction of sp³-hybridized carbons (Fsp3) is 0.263. The Morgan fingerprint density at radius 1 is 1.11 bits per heavy atom. The van der Waals surface area contributed by atoms with Gasteiger partial charge in [-0.05, 0) is 37.3 Å². The fourth-order valence-electron chi connectivity index (χ4n) is 2.33. The first-order valence-corrected chi connectivity index (χ1v) is 8.21. The van der Waals surface area contributed by atoms with E-state index in [-0.39, 0.29) is 12.2 Å². The zero-order chi connectivity index (χ0) is 20.7. The third-order valence-electron chi connectivity index (χ3n) is 3.79. The van der Waals surface area contributed by atoms with E-state index in [0.29, 0.717) is 22.8 Å². The summed E-state index contributed by atoms with van der Waals surface area (Å²) in [5.74, 6) is 0.629. The van der Waals surface area contributed by atoms with Gasteiger partial charge in [0.1, 0.15) is 11.5 Å². The van der Waals surface area contributed by atoms with Crippen LogP contribution in [0.25, 0.3) is 0 Å². The van der Waals surface area contributed by atoms with Crippen molar-refractivity contribution < 1.29 is 27.4 Å². The van der Waals surface area contributed by atoms with Crippen molar-refractivity contribution >= 4 is 17.3 Å². The van der Waals surface area contributed by atoms with Crippen LogP contribution in [0.15, 0.2) is 47.6 Å². The van der Waals surface area contributed by atoms with Gasteiger partial charge in [0, 0.05) is 17.3 Å². The molecule has 9 heteroatoms. The van der Waals surface area contributed by atoms with Gasteiger partial charge in [0.15, 0.2) is 0 Å². The molecule has 6 nitrogen and oxygen atoms in total. The summed E-state index contributed by atoms with van der Waals surface area (Å²) in [6, 6.07) is 9.76. The number of nitrogens with one attached hydrogen (secondary N) is 2. The SMILES string of the molecule is COc1ccc(/C(C)=N/NC(=O)CNc2cccc(C(F)(F)F)c2)c(OC)c1. The summed E-state index contributed by atoms with van der Waals surface area (Å²) < 4.78 is 48.5. The molecule has 1 amide bonds. The predicted molar refractivity (Wildman–Crippen MR) is 99.8 cm³/mol. The van der Waals surface area contributed by atoms with E-state index in [9.17, 15) is 18.0 Å². The van der Waals surface area contributed by atoms with Gasteiger partial charge < -0.3 is 14.8 Å². The first kappa shape index (κ1) is 21.1. The van der Waals surface area contributed by atoms with Crippen molar-refractivity contribution in [2.75, 3.05) is 26.1 Å². The van der Waals surface area contributed by atoms with Crippen LogP contribution in [0, 0.1) is 0 Å². The number of carbonyl (C=O) groups is 1. The van der Waals surface area contributed by atoms with Gasteiger partial charge in [-0.15, -0.1) is 0 Å². The Balaban J connectivity index is 1.98. The molecule has 0 saturated carbocycles. The largest absolute Gasteiger partial charge is 0.497 e. The highest BCUT2D eigenvalue weighted by Crippen LogP contribution is 2.30. The fourth-order valence-corrected chi connectivity index (χ4v) is 2.33. The lowest BCUT2D eigenvalue weighted by Gasteiger charge is -2.11. The zero-order valence-electron chi connectivity index (χ0n) is 15.6. The number of amides is 1. The lowest BCUT2D eigenvalue weighted by Crippen LogP contribution is -2.27. The molecular formula is C19H20F3N3O3. The molecule has 0 aromatic heterocycles. The molecule has 0 aliphatic rings. The Morgan fingerprint density at radius 2 is 1.86 bits per heavy atom. The molecule has 0 aliphatic carbocycles. The highest BCUT2D eigenvalue weighted by molar-refractivity contribution is 6.01. The van der Waals surface area contributed by atoms with Crippen molar-refractivity contribution in [2.45, 2.75) is 13.1 Å². The van der Waals surface area contributed by atoms with Crippen LogP contribution in [0.5, 0.6) is 11.5 Å². The summed E-state index contributed by atoms with van der Waals surface area (Å²) in [5, 5.41) is 6.64. The molecule has 0 atom stereocenters. The van der Waals surface area contributed by atoms with Crippen molar-refractivity contribution in [3.8, 4) is 11.5 Å². The van der Waals surface area contributed by atoms with Crippen LogP contribution in [-0.4, -0.2) is 32.4 Å². The Labute approximate surface area is 160 Å². The van der Waals surface area contributed by atoms with E-state index in [1.807, 2.05) is 0 Å². The van der Waals surface area contributed by atoms with E-state index < -0.39 is 17.6 Å². The van der Waals surface area contributed by atoms with Crippen LogP contribution < -0.4 is 20.2 Å². The number of carbonyl (C=O) groups excluding carboxylic acids is 1. The minimum Gasteiger partial charge on any atom is -0.497 e. The van der Waals surface area contributed by atoms with Crippen LogP contribution in [0.1, 0.15) is 18.1 Å². The average molecular weight is 395 g/mol. The molecular weight excluding hydrogens is 375 g/mol. The first-order valence-electron chi connectivity index (χ1n) is 8.21. The number of rotatable bonds is 7. The summed E-state index contributed by atoms with van der Waals surface area (Å²) in [5.41, 5.74) is 2.90. The van der Waals surface area contributed by atoms with Crippen LogP contribution >= 0.6 is 0 Å². The minimum absolute atomic E-state index is 0.183. The molecule has 0 fully saturated rings. The molecule has 28 heavy (non-hydrogen) atoms. The number of ether oxygens (including phenoxy) is 2. The minimum atomic E-state index is -4.45. The summed E-state index contributed by atoms with van der Waals surface area (Å²) in [4.78, 5) is 11.9. The van der Waals surface area contributed by atoms with E-state index in [1.165, 1.54) is 26.4 Å². The van der Waals surface area contributed by atoms with Gasteiger partial charge in [0.05, 0.1) is 32.0 Å². The van der Waals surface area contributed by atoms with Crippen molar-refractivity contribution in [2.24, 2.45) is 5.10 Å². The van der Waals surface area contributed by atoms with Gasteiger partial charge in [0.25, 0.3) is 5.91 Å². The molecule has 2 N–H and O–H groups in total. The molecule has 2 aromatic rings. The van der Waals surface area contributed by atoms with Crippen LogP contribution in [-0.2, 0) is 11.0 Å². The van der Waals surface area contributed by atoms with Crippen molar-refractivity contribution in [1.29, 1.82) is 0 Å². The maximum atomic E-state index is 12.7. The third-order valence-corrected chi connectivity index (χ3v) is 3.79. The molecule has 0 radical (unpaired) electrons. The van der Waals surface area contributed by atoms with E-state index in [2.05, 4.69) is 15.8 Å². The lowest BCUT2D eigenvalue weighted by molar-refractivity contribution is -0.137. The highest BCUT2D eigenvalue weighted by atomic mass is 19.4. The first-order chi connectivity index (χ1) is 13.2. The maximum absolute atomic E-state index is 12.7. The second-order valence-corrected chi connectivity index (χ2v) is 5.73. The number of anilines is 1. The maximum Gasteiger partial charge on any atom is 0.416 e. The van der Waals surface area contributed by atoms with E-state index in [0.717, 1.165) is 12.1 Å². The normalized spacial score (nSPS) is 11.7. The average Bonchev–Trinajstić information content (AvgIpc) is 2.69. The summed E-state index contributed by atoms with van der Waals surface area (Å²) in [6.45, 7) is 1.45. The summed E-state index contributed by atoms with van der Waals surface area (Å²) >= 11 is 0. The van der Waals surface area contributed by atoms with Crippen LogP contribution in [0.3, 0.4) is 0 Å². The number of methoxy groups -OCH3 is 2. The van der Waals surface area contributed by atoms with Gasteiger partial charge in [-0.1, -0.05) is 6.07 Å². The van der Waals surface area contributed by atoms with Gasteiger partial charge in [-0.2, -0.15) is 18.3 Å². The van der Waals surface area contributed by atoms with E-state index >= 15 is 0 Å². The smallest absolute Gasteiger partial charge is 0.416 e. The number of hydrogen-bond donors (Lipinski definition) is 2. The second-order valence-electron chi connectivity index (χ2n) is 5.73. The van der Waals surface area contributed by atoms with Crippen molar-refractivity contribution in [3.63, 3.8) is 0 Å². The third kappa shape index (κ3) is 5.63. The Hall–Kier alpha value is -3.23. The standard InChI is InChI=1S/C19H20F3N3O3/c1-12(16-8-7-15(27-2)10-17(16)28-3)24-25-18(26)11-23-14-6-4-5-13(9-14)19(20,21)22/h4-10,23H,11H2,1-3H3,(H,25,26)/b24-12+. The van der Waals surface area contributed by atoms with E-state index in [1.54, 1.807) is 25.1 Å². The molecule has 0 spiro atoms. The van der Waals surface area contributed by atoms with Crippen molar-refractivity contribution in [1.82, 2.24) is 5.43 Å². The van der Waals surface area contributed by atoms with Crippen LogP contribution in [0.4, 0.5) is 18.9 Å². The van der Waals surface area contributed by atoms with Gasteiger partial charge in [-0.25, -0.2) is 5.43 Å². The van der Waals surface area contributed by atoms with Gasteiger partial charge in [0.2, 0.25) is 0 Å². The lowest BCUT2D eigenvalue weighted by atomic mass is 10.1. The number of alkyl halides is 3. The van der Waals surface area contributed by atoms with E-state index in [4.69, 9.17) is 9.47 Å². The topological polar surface area (TPSA) is 72.0 Å². The van der Waals surface area contributed by atoms with Gasteiger partial charge >= 0.3 is 6.18 Å². The predicted octanol–water partition coefficient (Wildman–Crippen LogP) is 3.67. The summed E-state index contributed by atoms with van der Waals surface area (Å²) in [6.07, 6.45) is -4.45. The molecule has 2 aromatic carbocycles. The van der Waals surface area contributed by atoms with Crippen LogP contribution in [0.2, 0.25) is 0 Å². The number of nitrogens with zero attached hydrogens (tertiary/aromatic N) is 1.